The van der Waals surface area contributed by atoms with Gasteiger partial charge in [0.15, 0.2) is 5.01 Å². The minimum Gasteiger partial charge on any atom is -0.479 e. The van der Waals surface area contributed by atoms with Gasteiger partial charge in [0.1, 0.15) is 5.75 Å². The van der Waals surface area contributed by atoms with Gasteiger partial charge in [0, 0.05) is 0 Å². The Morgan fingerprint density at radius 3 is 1.86 bits per heavy atom. The fourth-order valence-corrected chi connectivity index (χ4v) is 2.11. The van der Waals surface area contributed by atoms with Crippen molar-refractivity contribution >= 4 is 15.9 Å². The molecular formula is C13H13BrF6O. The largest absolute Gasteiger partial charge is 0.479 e. The van der Waals surface area contributed by atoms with Gasteiger partial charge in [-0.15, -0.1) is 0 Å². The molecule has 8 heteroatoms. The lowest BCUT2D eigenvalue weighted by molar-refractivity contribution is -0.143. The van der Waals surface area contributed by atoms with Gasteiger partial charge in [0.2, 0.25) is 0 Å². The maximum Gasteiger partial charge on any atom is 0.416 e. The molecule has 0 heterocycles. The lowest BCUT2D eigenvalue weighted by atomic mass is 10.1. The van der Waals surface area contributed by atoms with Crippen LogP contribution in [0.15, 0.2) is 18.2 Å². The van der Waals surface area contributed by atoms with Crippen LogP contribution in [0, 0.1) is 0 Å². The highest BCUT2D eigenvalue weighted by Crippen LogP contribution is 2.38. The van der Waals surface area contributed by atoms with Gasteiger partial charge in [0.25, 0.3) is 0 Å². The van der Waals surface area contributed by atoms with Gasteiger partial charge < -0.3 is 4.74 Å². The van der Waals surface area contributed by atoms with Crippen LogP contribution in [-0.2, 0) is 12.4 Å². The van der Waals surface area contributed by atoms with Crippen molar-refractivity contribution in [2.75, 3.05) is 0 Å². The number of rotatable bonds is 5. The molecule has 0 radical (unpaired) electrons. The number of hydrogen-bond acceptors (Lipinski definition) is 1. The number of alkyl halides is 7. The Bertz CT molecular complexity index is 436. The summed E-state index contributed by atoms with van der Waals surface area (Å²) < 4.78 is 81.0. The van der Waals surface area contributed by atoms with Gasteiger partial charge in [-0.25, -0.2) is 0 Å². The number of ether oxygens (including phenoxy) is 1. The summed E-state index contributed by atoms with van der Waals surface area (Å²) in [6, 6.07) is 1.20. The van der Waals surface area contributed by atoms with Crippen LogP contribution in [-0.4, -0.2) is 5.01 Å². The molecule has 0 saturated carbocycles. The lowest BCUT2D eigenvalue weighted by Crippen LogP contribution is -2.13. The van der Waals surface area contributed by atoms with Gasteiger partial charge in [0.05, 0.1) is 11.1 Å². The van der Waals surface area contributed by atoms with Crippen LogP contribution in [0.5, 0.6) is 5.75 Å². The second-order valence-corrected chi connectivity index (χ2v) is 5.43. The molecule has 0 fully saturated rings. The maximum absolute atomic E-state index is 12.6. The van der Waals surface area contributed by atoms with Crippen molar-refractivity contribution in [1.82, 2.24) is 0 Å². The minimum atomic E-state index is -4.87. The standard InChI is InChI=1S/C13H13BrF6O/c1-2-3-4-11(14)21-10-6-8(12(15,16)17)5-9(7-10)13(18,19)20/h5-7,11H,2-4H2,1H3. The molecule has 120 valence electrons. The van der Waals surface area contributed by atoms with Crippen molar-refractivity contribution in [3.63, 3.8) is 0 Å². The second-order valence-electron chi connectivity index (χ2n) is 4.41. The van der Waals surface area contributed by atoms with Crippen LogP contribution >= 0.6 is 15.9 Å². The van der Waals surface area contributed by atoms with Crippen molar-refractivity contribution in [2.45, 2.75) is 43.6 Å². The summed E-state index contributed by atoms with van der Waals surface area (Å²) in [4.78, 5) is 0. The Labute approximate surface area is 126 Å². The molecule has 0 amide bonds. The summed E-state index contributed by atoms with van der Waals surface area (Å²) in [6.07, 6.45) is -7.69. The number of hydrogen-bond donors (Lipinski definition) is 0. The molecule has 1 aromatic carbocycles. The molecule has 0 saturated heterocycles. The van der Waals surface area contributed by atoms with Crippen LogP contribution in [0.25, 0.3) is 0 Å². The predicted octanol–water partition coefficient (Wildman–Crippen LogP) is 6.01. The SMILES string of the molecule is CCCCC(Br)Oc1cc(C(F)(F)F)cc(C(F)(F)F)c1. The average molecular weight is 379 g/mol. The Morgan fingerprint density at radius 2 is 1.48 bits per heavy atom. The van der Waals surface area contributed by atoms with Gasteiger partial charge in [-0.2, -0.15) is 26.3 Å². The normalized spacial score (nSPS) is 14.1. The number of benzene rings is 1. The van der Waals surface area contributed by atoms with E-state index in [1.165, 1.54) is 0 Å². The Balaban J connectivity index is 3.08. The van der Waals surface area contributed by atoms with Crippen LogP contribution in [0.4, 0.5) is 26.3 Å². The highest BCUT2D eigenvalue weighted by Gasteiger charge is 2.37. The van der Waals surface area contributed by atoms with Crippen molar-refractivity contribution in [2.24, 2.45) is 0 Å². The van der Waals surface area contributed by atoms with Gasteiger partial charge in [-0.05, 0) is 47.0 Å². The van der Waals surface area contributed by atoms with E-state index in [0.29, 0.717) is 18.6 Å². The summed E-state index contributed by atoms with van der Waals surface area (Å²) in [7, 11) is 0. The average Bonchev–Trinajstić information content (AvgIpc) is 2.34. The Kier molecular flexibility index (Phi) is 5.95. The van der Waals surface area contributed by atoms with E-state index >= 15 is 0 Å². The third-order valence-corrected chi connectivity index (χ3v) is 3.25. The first-order chi connectivity index (χ1) is 9.54. The molecule has 0 bridgehead atoms. The van der Waals surface area contributed by atoms with E-state index in [2.05, 4.69) is 15.9 Å². The Morgan fingerprint density at radius 1 is 1.00 bits per heavy atom. The first kappa shape index (κ1) is 18.1. The Hall–Kier alpha value is -0.920. The summed E-state index contributed by atoms with van der Waals surface area (Å²) in [6.45, 7) is 1.91. The lowest BCUT2D eigenvalue weighted by Gasteiger charge is -2.17. The van der Waals surface area contributed by atoms with E-state index in [1.54, 1.807) is 0 Å². The molecule has 21 heavy (non-hydrogen) atoms. The van der Waals surface area contributed by atoms with E-state index in [-0.39, 0.29) is 6.07 Å². The predicted molar refractivity (Wildman–Crippen MR) is 69.3 cm³/mol. The third-order valence-electron chi connectivity index (χ3n) is 2.61. The van der Waals surface area contributed by atoms with Crippen molar-refractivity contribution in [1.29, 1.82) is 0 Å². The van der Waals surface area contributed by atoms with E-state index in [9.17, 15) is 26.3 Å². The van der Waals surface area contributed by atoms with Crippen molar-refractivity contribution < 1.29 is 31.1 Å². The van der Waals surface area contributed by atoms with E-state index in [4.69, 9.17) is 4.74 Å². The first-order valence-electron chi connectivity index (χ1n) is 6.14. The molecular weight excluding hydrogens is 366 g/mol. The molecule has 1 atom stereocenters. The molecule has 0 aliphatic carbocycles. The fraction of sp³-hybridized carbons (Fsp3) is 0.538. The van der Waals surface area contributed by atoms with Crippen LogP contribution < -0.4 is 4.74 Å². The molecule has 1 nitrogen and oxygen atoms in total. The molecule has 1 unspecified atom stereocenters. The van der Waals surface area contributed by atoms with Crippen LogP contribution in [0.1, 0.15) is 37.3 Å². The van der Waals surface area contributed by atoms with Gasteiger partial charge in [-0.1, -0.05) is 13.3 Å². The molecule has 0 aliphatic heterocycles. The molecule has 1 aromatic rings. The number of unbranched alkanes of at least 4 members (excludes halogenated alkanes) is 1. The highest BCUT2D eigenvalue weighted by atomic mass is 79.9. The molecule has 0 N–H and O–H groups in total. The quantitative estimate of drug-likeness (QED) is 0.450. The first-order valence-corrected chi connectivity index (χ1v) is 7.06. The van der Waals surface area contributed by atoms with Crippen LogP contribution in [0.2, 0.25) is 0 Å². The van der Waals surface area contributed by atoms with E-state index < -0.39 is 34.2 Å². The third kappa shape index (κ3) is 5.76. The zero-order valence-electron chi connectivity index (χ0n) is 11.0. The molecule has 0 spiro atoms. The fourth-order valence-electron chi connectivity index (χ4n) is 1.57. The van der Waals surface area contributed by atoms with Crippen LogP contribution in [0.3, 0.4) is 0 Å². The summed E-state index contributed by atoms with van der Waals surface area (Å²) in [5.41, 5.74) is -2.77. The summed E-state index contributed by atoms with van der Waals surface area (Å²) >= 11 is 3.08. The van der Waals surface area contributed by atoms with Gasteiger partial charge in [-0.3, -0.25) is 0 Å². The zero-order chi connectivity index (χ0) is 16.3. The molecule has 0 aromatic heterocycles. The highest BCUT2D eigenvalue weighted by molar-refractivity contribution is 9.09. The topological polar surface area (TPSA) is 9.23 Å². The second kappa shape index (κ2) is 6.89. The van der Waals surface area contributed by atoms with Crippen molar-refractivity contribution in [3.8, 4) is 5.75 Å². The summed E-state index contributed by atoms with van der Waals surface area (Å²) in [5, 5.41) is -0.637. The molecule has 0 aliphatic rings. The minimum absolute atomic E-state index is 0.0716. The monoisotopic (exact) mass is 378 g/mol. The smallest absolute Gasteiger partial charge is 0.416 e. The van der Waals surface area contributed by atoms with E-state index in [0.717, 1.165) is 12.8 Å². The van der Waals surface area contributed by atoms with Crippen molar-refractivity contribution in [3.05, 3.63) is 29.3 Å². The van der Waals surface area contributed by atoms with Gasteiger partial charge >= 0.3 is 12.4 Å². The summed E-state index contributed by atoms with van der Waals surface area (Å²) in [5.74, 6) is -0.463. The molecule has 1 rings (SSSR count). The number of halogens is 7. The van der Waals surface area contributed by atoms with E-state index in [1.807, 2.05) is 6.92 Å². The zero-order valence-corrected chi connectivity index (χ0v) is 12.6. The maximum atomic E-state index is 12.6.